The van der Waals surface area contributed by atoms with Gasteiger partial charge in [-0.15, -0.1) is 0 Å². The van der Waals surface area contributed by atoms with Crippen LogP contribution in [-0.4, -0.2) is 69.3 Å². The molecular weight excluding hydrogens is 690 g/mol. The van der Waals surface area contributed by atoms with Crippen LogP contribution in [0.1, 0.15) is 26.5 Å². The quantitative estimate of drug-likeness (QED) is 0.131. The minimum atomic E-state index is -1.16. The molecule has 270 valence electrons. The van der Waals surface area contributed by atoms with Crippen molar-refractivity contribution in [1.29, 1.82) is 0 Å². The van der Waals surface area contributed by atoms with E-state index >= 15 is 0 Å². The molecular formula is C38H31N3O12. The molecule has 7 rings (SSSR count). The Bertz CT molecular complexity index is 2940. The molecule has 0 aliphatic carbocycles. The number of phenolic OH excluding ortho intramolecular Hbond substituents is 2. The first-order valence-electron chi connectivity index (χ1n) is 16.5. The van der Waals surface area contributed by atoms with Gasteiger partial charge in [0.05, 0.1) is 41.3 Å². The van der Waals surface area contributed by atoms with Crippen LogP contribution in [0.3, 0.4) is 0 Å². The van der Waals surface area contributed by atoms with Crippen LogP contribution in [-0.2, 0) is 25.7 Å². The number of amides is 2. The van der Waals surface area contributed by atoms with Crippen molar-refractivity contribution in [3.05, 3.63) is 93.3 Å². The second kappa shape index (κ2) is 12.3. The summed E-state index contributed by atoms with van der Waals surface area (Å²) in [6.45, 7) is 5.25. The summed E-state index contributed by atoms with van der Waals surface area (Å²) in [5.74, 6) is -3.58. The molecule has 0 bridgehead atoms. The van der Waals surface area contributed by atoms with Gasteiger partial charge in [-0.25, -0.2) is 4.79 Å². The molecule has 15 heteroatoms. The Balaban J connectivity index is 1.47. The zero-order chi connectivity index (χ0) is 38.4. The summed E-state index contributed by atoms with van der Waals surface area (Å²) < 4.78 is 11.7. The molecule has 1 aliphatic rings. The molecule has 2 unspecified atom stereocenters. The number of benzene rings is 5. The SMILES string of the molecule is COc1c2ccc3c(=O)c4cc(C)n(CC(=O)N5CC(C(=O)OC(C)C)NC(=O)C5C)c(=O)c4c(=O)c3c2c(O)c2c(=O)c3cccc(O)c3c(=O)c12. The van der Waals surface area contributed by atoms with Crippen molar-refractivity contribution in [2.75, 3.05) is 13.7 Å². The van der Waals surface area contributed by atoms with Gasteiger partial charge in [0, 0.05) is 38.0 Å². The largest absolute Gasteiger partial charge is 0.507 e. The number of aryl methyl sites for hydroxylation is 1. The lowest BCUT2D eigenvalue weighted by Gasteiger charge is -2.37. The number of phenols is 2. The van der Waals surface area contributed by atoms with Crippen molar-refractivity contribution in [2.45, 2.75) is 52.4 Å². The van der Waals surface area contributed by atoms with Crippen LogP contribution in [0.25, 0.3) is 53.9 Å². The minimum Gasteiger partial charge on any atom is -0.507 e. The Hall–Kier alpha value is -6.64. The van der Waals surface area contributed by atoms with Crippen molar-refractivity contribution in [3.63, 3.8) is 0 Å². The monoisotopic (exact) mass is 721 g/mol. The van der Waals surface area contributed by atoms with E-state index in [1.165, 1.54) is 57.4 Å². The van der Waals surface area contributed by atoms with E-state index in [1.807, 2.05) is 0 Å². The number of carbonyl (C=O) groups is 3. The summed E-state index contributed by atoms with van der Waals surface area (Å²) in [4.78, 5) is 110. The van der Waals surface area contributed by atoms with Gasteiger partial charge < -0.3 is 34.5 Å². The maximum Gasteiger partial charge on any atom is 0.330 e. The van der Waals surface area contributed by atoms with E-state index in [-0.39, 0.29) is 55.7 Å². The van der Waals surface area contributed by atoms with Gasteiger partial charge in [0.2, 0.25) is 22.7 Å². The van der Waals surface area contributed by atoms with E-state index in [9.17, 15) is 48.6 Å². The fourth-order valence-electron chi connectivity index (χ4n) is 7.29. The van der Waals surface area contributed by atoms with Crippen LogP contribution in [0.15, 0.2) is 60.4 Å². The number of carbonyl (C=O) groups excluding carboxylic acids is 3. The predicted molar refractivity (Wildman–Crippen MR) is 195 cm³/mol. The fraction of sp³-hybridized carbons (Fsp3) is 0.263. The lowest BCUT2D eigenvalue weighted by atomic mass is 9.92. The maximum absolute atomic E-state index is 14.4. The van der Waals surface area contributed by atoms with E-state index in [0.717, 1.165) is 9.47 Å². The lowest BCUT2D eigenvalue weighted by Crippen LogP contribution is -2.63. The summed E-state index contributed by atoms with van der Waals surface area (Å²) in [5, 5.41) is 21.5. The van der Waals surface area contributed by atoms with Crippen molar-refractivity contribution >= 4 is 71.6 Å². The minimum absolute atomic E-state index is 0.0300. The lowest BCUT2D eigenvalue weighted by molar-refractivity contribution is -0.157. The van der Waals surface area contributed by atoms with Gasteiger partial charge in [0.1, 0.15) is 35.9 Å². The third-order valence-electron chi connectivity index (χ3n) is 9.82. The smallest absolute Gasteiger partial charge is 0.330 e. The molecule has 1 fully saturated rings. The number of hydrogen-bond acceptors (Lipinski definition) is 12. The number of pyridine rings is 1. The van der Waals surface area contributed by atoms with Gasteiger partial charge in [0.25, 0.3) is 5.56 Å². The average Bonchev–Trinajstić information content (AvgIpc) is 3.11. The van der Waals surface area contributed by atoms with Crippen LogP contribution in [0.5, 0.6) is 17.2 Å². The van der Waals surface area contributed by atoms with Crippen LogP contribution in [0.4, 0.5) is 0 Å². The van der Waals surface area contributed by atoms with Crippen molar-refractivity contribution in [1.82, 2.24) is 14.8 Å². The van der Waals surface area contributed by atoms with E-state index in [1.54, 1.807) is 13.8 Å². The van der Waals surface area contributed by atoms with E-state index in [4.69, 9.17) is 9.47 Å². The fourth-order valence-corrected chi connectivity index (χ4v) is 7.29. The molecule has 5 aromatic carbocycles. The number of piperazine rings is 1. The Morgan fingerprint density at radius 2 is 1.49 bits per heavy atom. The van der Waals surface area contributed by atoms with Crippen molar-refractivity contribution in [3.8, 4) is 17.2 Å². The van der Waals surface area contributed by atoms with Gasteiger partial charge in [0.15, 0.2) is 10.9 Å². The van der Waals surface area contributed by atoms with Crippen molar-refractivity contribution < 1.29 is 34.1 Å². The highest BCUT2D eigenvalue weighted by atomic mass is 16.5. The molecule has 53 heavy (non-hydrogen) atoms. The third kappa shape index (κ3) is 5.02. The average molecular weight is 722 g/mol. The molecule has 2 amide bonds. The molecule has 0 spiro atoms. The Labute approximate surface area is 296 Å². The summed E-state index contributed by atoms with van der Waals surface area (Å²) in [6.07, 6.45) is -0.482. The van der Waals surface area contributed by atoms with Gasteiger partial charge in [-0.2, -0.15) is 0 Å². The van der Waals surface area contributed by atoms with Crippen LogP contribution in [0, 0.1) is 6.92 Å². The first-order chi connectivity index (χ1) is 25.1. The molecule has 0 radical (unpaired) electrons. The molecule has 1 aliphatic heterocycles. The summed E-state index contributed by atoms with van der Waals surface area (Å²) >= 11 is 0. The van der Waals surface area contributed by atoms with Gasteiger partial charge >= 0.3 is 5.97 Å². The molecule has 0 saturated carbocycles. The van der Waals surface area contributed by atoms with Crippen LogP contribution >= 0.6 is 0 Å². The summed E-state index contributed by atoms with van der Waals surface area (Å²) in [6, 6.07) is 5.59. The second-order valence-corrected chi connectivity index (χ2v) is 13.3. The number of methoxy groups -OCH3 is 1. The molecule has 1 saturated heterocycles. The highest BCUT2D eigenvalue weighted by Gasteiger charge is 2.39. The number of nitrogens with one attached hydrogen (secondary N) is 1. The number of aromatic hydroxyl groups is 2. The highest BCUT2D eigenvalue weighted by Crippen LogP contribution is 2.43. The topological polar surface area (TPSA) is 216 Å². The predicted octanol–water partition coefficient (Wildman–Crippen LogP) is 1.33. The zero-order valence-corrected chi connectivity index (χ0v) is 29.0. The molecule has 2 atom stereocenters. The first kappa shape index (κ1) is 34.8. The summed E-state index contributed by atoms with van der Waals surface area (Å²) in [7, 11) is 1.20. The number of hydrogen-bond donors (Lipinski definition) is 3. The number of fused-ring (bicyclic) bond motifs is 6. The number of ether oxygens (including phenoxy) is 2. The number of nitrogens with zero attached hydrogens (tertiary/aromatic N) is 2. The number of rotatable bonds is 5. The van der Waals surface area contributed by atoms with E-state index in [0.29, 0.717) is 0 Å². The molecule has 2 heterocycles. The first-order valence-corrected chi connectivity index (χ1v) is 16.5. The Kier molecular flexibility index (Phi) is 8.04. The van der Waals surface area contributed by atoms with Crippen molar-refractivity contribution in [2.24, 2.45) is 0 Å². The van der Waals surface area contributed by atoms with E-state index < -0.39 is 97.4 Å². The van der Waals surface area contributed by atoms with E-state index in [2.05, 4.69) is 5.32 Å². The van der Waals surface area contributed by atoms with Crippen LogP contribution in [0.2, 0.25) is 0 Å². The Morgan fingerprint density at radius 3 is 2.17 bits per heavy atom. The normalized spacial score (nSPS) is 16.3. The van der Waals surface area contributed by atoms with Crippen LogP contribution < -0.4 is 37.3 Å². The highest BCUT2D eigenvalue weighted by molar-refractivity contribution is 6.23. The third-order valence-corrected chi connectivity index (χ3v) is 9.82. The maximum atomic E-state index is 14.4. The molecule has 3 N–H and O–H groups in total. The molecule has 1 aromatic heterocycles. The molecule has 15 nitrogen and oxygen atoms in total. The van der Waals surface area contributed by atoms with Gasteiger partial charge in [-0.3, -0.25) is 33.6 Å². The zero-order valence-electron chi connectivity index (χ0n) is 29.0. The van der Waals surface area contributed by atoms with Gasteiger partial charge in [-0.05, 0) is 52.0 Å². The van der Waals surface area contributed by atoms with Gasteiger partial charge in [-0.1, -0.05) is 12.1 Å². The number of aromatic nitrogens is 1. The number of esters is 1. The second-order valence-electron chi connectivity index (χ2n) is 13.3. The Morgan fingerprint density at radius 1 is 0.830 bits per heavy atom. The molecule has 6 aromatic rings. The summed E-state index contributed by atoms with van der Waals surface area (Å²) in [5.41, 5.74) is -4.30. The standard InChI is InChI=1S/C38H31N3O12/c1-14(2)53-38(51)21-12-41(16(4)36(49)39-21)23(43)13-40-15(3)11-20-27(37(40)50)33(47)25-18(30(20)44)9-10-19-26(25)34(48)28-29(35(19)52-5)32(46)24-17(31(28)45)7-6-8-22(24)42/h6-11,14,16,21,42,48H,12-13H2,1-5H3,(H,39,49).